The number of pyridine rings is 1. The standard InChI is InChI=1S/C12H11F2NO/c13-12(14,5-7-16)10-4-3-9-2-1-6-15-11(9)8-10/h1-4,6,8,16H,5,7H2. The van der Waals surface area contributed by atoms with Gasteiger partial charge in [0.05, 0.1) is 5.52 Å². The number of benzene rings is 1. The summed E-state index contributed by atoms with van der Waals surface area (Å²) >= 11 is 0. The van der Waals surface area contributed by atoms with E-state index in [1.807, 2.05) is 6.07 Å². The number of fused-ring (bicyclic) bond motifs is 1. The lowest BCUT2D eigenvalue weighted by Gasteiger charge is -2.15. The summed E-state index contributed by atoms with van der Waals surface area (Å²) in [4.78, 5) is 4.02. The lowest BCUT2D eigenvalue weighted by molar-refractivity contribution is -0.0268. The van der Waals surface area contributed by atoms with Gasteiger partial charge in [0.15, 0.2) is 0 Å². The second-order valence-electron chi connectivity index (χ2n) is 3.59. The molecule has 0 aliphatic rings. The van der Waals surface area contributed by atoms with Crippen LogP contribution in [0, 0.1) is 0 Å². The van der Waals surface area contributed by atoms with Crippen molar-refractivity contribution in [3.05, 3.63) is 42.1 Å². The zero-order valence-electron chi connectivity index (χ0n) is 8.53. The summed E-state index contributed by atoms with van der Waals surface area (Å²) < 4.78 is 27.0. The van der Waals surface area contributed by atoms with Crippen LogP contribution < -0.4 is 0 Å². The molecule has 4 heteroatoms. The molecule has 0 radical (unpaired) electrons. The van der Waals surface area contributed by atoms with Gasteiger partial charge in [-0.25, -0.2) is 8.78 Å². The van der Waals surface area contributed by atoms with Crippen LogP contribution in [0.3, 0.4) is 0 Å². The average Bonchev–Trinajstić information content (AvgIpc) is 2.28. The molecule has 16 heavy (non-hydrogen) atoms. The topological polar surface area (TPSA) is 33.1 Å². The molecule has 0 atom stereocenters. The highest BCUT2D eigenvalue weighted by Crippen LogP contribution is 2.32. The minimum absolute atomic E-state index is 0.104. The lowest BCUT2D eigenvalue weighted by Crippen LogP contribution is -2.15. The molecule has 2 aromatic rings. The van der Waals surface area contributed by atoms with Crippen molar-refractivity contribution in [3.8, 4) is 0 Å². The van der Waals surface area contributed by atoms with Gasteiger partial charge in [0.25, 0.3) is 5.92 Å². The zero-order valence-corrected chi connectivity index (χ0v) is 8.53. The monoisotopic (exact) mass is 223 g/mol. The van der Waals surface area contributed by atoms with Crippen molar-refractivity contribution < 1.29 is 13.9 Å². The molecule has 84 valence electrons. The van der Waals surface area contributed by atoms with E-state index in [2.05, 4.69) is 4.98 Å². The van der Waals surface area contributed by atoms with E-state index in [9.17, 15) is 8.78 Å². The lowest BCUT2D eigenvalue weighted by atomic mass is 10.0. The summed E-state index contributed by atoms with van der Waals surface area (Å²) in [6, 6.07) is 7.93. The van der Waals surface area contributed by atoms with Crippen LogP contribution in [0.25, 0.3) is 10.9 Å². The van der Waals surface area contributed by atoms with E-state index in [-0.39, 0.29) is 5.56 Å². The van der Waals surface area contributed by atoms with Crippen molar-refractivity contribution in [3.63, 3.8) is 0 Å². The van der Waals surface area contributed by atoms with Gasteiger partial charge in [-0.05, 0) is 12.1 Å². The predicted octanol–water partition coefficient (Wildman–Crippen LogP) is 2.71. The maximum atomic E-state index is 13.5. The van der Waals surface area contributed by atoms with Crippen LogP contribution in [0.2, 0.25) is 0 Å². The fourth-order valence-corrected chi connectivity index (χ4v) is 1.58. The van der Waals surface area contributed by atoms with Gasteiger partial charge in [0, 0.05) is 30.2 Å². The fourth-order valence-electron chi connectivity index (χ4n) is 1.58. The molecular weight excluding hydrogens is 212 g/mol. The predicted molar refractivity (Wildman–Crippen MR) is 57.3 cm³/mol. The normalized spacial score (nSPS) is 11.9. The first kappa shape index (κ1) is 11.0. The van der Waals surface area contributed by atoms with Crippen LogP contribution in [-0.2, 0) is 5.92 Å². The maximum Gasteiger partial charge on any atom is 0.275 e. The van der Waals surface area contributed by atoms with Crippen LogP contribution in [0.4, 0.5) is 8.78 Å². The second-order valence-corrected chi connectivity index (χ2v) is 3.59. The van der Waals surface area contributed by atoms with Crippen molar-refractivity contribution in [2.45, 2.75) is 12.3 Å². The number of hydrogen-bond acceptors (Lipinski definition) is 2. The number of nitrogens with zero attached hydrogens (tertiary/aromatic N) is 1. The SMILES string of the molecule is OCCC(F)(F)c1ccc2cccnc2c1. The maximum absolute atomic E-state index is 13.5. The molecule has 0 unspecified atom stereocenters. The Morgan fingerprint density at radius 1 is 1.25 bits per heavy atom. The number of aliphatic hydroxyl groups excluding tert-OH is 1. The third kappa shape index (κ3) is 2.02. The van der Waals surface area contributed by atoms with E-state index in [1.54, 1.807) is 18.3 Å². The molecular formula is C12H11F2NO. The Morgan fingerprint density at radius 2 is 2.06 bits per heavy atom. The summed E-state index contributed by atoms with van der Waals surface area (Å²) in [6.07, 6.45) is 1.00. The summed E-state index contributed by atoms with van der Waals surface area (Å²) in [5.74, 6) is -3.00. The number of hydrogen-bond donors (Lipinski definition) is 1. The Balaban J connectivity index is 2.46. The minimum Gasteiger partial charge on any atom is -0.396 e. The van der Waals surface area contributed by atoms with Crippen LogP contribution in [0.15, 0.2) is 36.5 Å². The van der Waals surface area contributed by atoms with Gasteiger partial charge >= 0.3 is 0 Å². The largest absolute Gasteiger partial charge is 0.396 e. The zero-order chi connectivity index (χ0) is 11.6. The van der Waals surface area contributed by atoms with Gasteiger partial charge in [-0.2, -0.15) is 0 Å². The number of aliphatic hydroxyl groups is 1. The molecule has 1 aromatic carbocycles. The number of rotatable bonds is 3. The molecule has 0 spiro atoms. The quantitative estimate of drug-likeness (QED) is 0.867. The number of halogens is 2. The summed E-state index contributed by atoms with van der Waals surface area (Å²) in [5.41, 5.74) is 0.436. The van der Waals surface area contributed by atoms with Crippen molar-refractivity contribution in [1.82, 2.24) is 4.98 Å². The molecule has 0 saturated carbocycles. The average molecular weight is 223 g/mol. The summed E-state index contributed by atoms with van der Waals surface area (Å²) in [5, 5.41) is 9.41. The van der Waals surface area contributed by atoms with Crippen LogP contribution >= 0.6 is 0 Å². The van der Waals surface area contributed by atoms with Gasteiger partial charge in [-0.1, -0.05) is 18.2 Å². The minimum atomic E-state index is -3.00. The molecule has 1 N–H and O–H groups in total. The summed E-state index contributed by atoms with van der Waals surface area (Å²) in [7, 11) is 0. The van der Waals surface area contributed by atoms with E-state index in [1.165, 1.54) is 12.1 Å². The fraction of sp³-hybridized carbons (Fsp3) is 0.250. The van der Waals surface area contributed by atoms with Crippen LogP contribution in [-0.4, -0.2) is 16.7 Å². The van der Waals surface area contributed by atoms with E-state index < -0.39 is 19.0 Å². The third-order valence-corrected chi connectivity index (χ3v) is 2.45. The molecule has 0 saturated heterocycles. The van der Waals surface area contributed by atoms with Gasteiger partial charge in [-0.15, -0.1) is 0 Å². The highest BCUT2D eigenvalue weighted by Gasteiger charge is 2.30. The molecule has 0 bridgehead atoms. The van der Waals surface area contributed by atoms with Gasteiger partial charge in [-0.3, -0.25) is 4.98 Å². The first-order chi connectivity index (χ1) is 7.63. The Kier molecular flexibility index (Phi) is 2.83. The molecule has 0 aliphatic heterocycles. The van der Waals surface area contributed by atoms with Crippen molar-refractivity contribution in [1.29, 1.82) is 0 Å². The van der Waals surface area contributed by atoms with E-state index in [4.69, 9.17) is 5.11 Å². The van der Waals surface area contributed by atoms with Crippen molar-refractivity contribution >= 4 is 10.9 Å². The van der Waals surface area contributed by atoms with Gasteiger partial charge in [0.2, 0.25) is 0 Å². The first-order valence-electron chi connectivity index (χ1n) is 4.97. The van der Waals surface area contributed by atoms with Crippen LogP contribution in [0.5, 0.6) is 0 Å². The second kappa shape index (κ2) is 4.14. The molecule has 2 nitrogen and oxygen atoms in total. The molecule has 0 amide bonds. The first-order valence-corrected chi connectivity index (χ1v) is 4.97. The van der Waals surface area contributed by atoms with Gasteiger partial charge in [0.1, 0.15) is 0 Å². The van der Waals surface area contributed by atoms with E-state index in [0.717, 1.165) is 5.39 Å². The summed E-state index contributed by atoms with van der Waals surface area (Å²) in [6.45, 7) is -0.534. The van der Waals surface area contributed by atoms with Crippen molar-refractivity contribution in [2.24, 2.45) is 0 Å². The smallest absolute Gasteiger partial charge is 0.275 e. The third-order valence-electron chi connectivity index (χ3n) is 2.45. The highest BCUT2D eigenvalue weighted by atomic mass is 19.3. The Morgan fingerprint density at radius 3 is 2.81 bits per heavy atom. The highest BCUT2D eigenvalue weighted by molar-refractivity contribution is 5.79. The number of aromatic nitrogens is 1. The Bertz CT molecular complexity index is 499. The van der Waals surface area contributed by atoms with E-state index in [0.29, 0.717) is 5.52 Å². The molecule has 0 fully saturated rings. The van der Waals surface area contributed by atoms with Crippen molar-refractivity contribution in [2.75, 3.05) is 6.61 Å². The Hall–Kier alpha value is -1.55. The molecule has 1 aromatic heterocycles. The molecule has 0 aliphatic carbocycles. The van der Waals surface area contributed by atoms with Crippen LogP contribution in [0.1, 0.15) is 12.0 Å². The van der Waals surface area contributed by atoms with Gasteiger partial charge < -0.3 is 5.11 Å². The Labute approximate surface area is 91.6 Å². The molecule has 1 heterocycles. The number of alkyl halides is 2. The van der Waals surface area contributed by atoms with E-state index >= 15 is 0 Å². The molecule has 2 rings (SSSR count).